The molecule has 0 atom stereocenters. The molecule has 0 spiro atoms. The molecule has 0 fully saturated rings. The van der Waals surface area contributed by atoms with Crippen molar-refractivity contribution in [2.75, 3.05) is 0 Å². The molecule has 0 N–H and O–H groups in total. The van der Waals surface area contributed by atoms with Crippen molar-refractivity contribution < 1.29 is 144 Å². The fraction of sp³-hybridized carbons (Fsp3) is 0. The Kier molecular flexibility index (Phi) is 1490. The van der Waals surface area contributed by atoms with Gasteiger partial charge in [-0.05, 0) is 0 Å². The molecular formula is Mn2O5Pr2. The van der Waals surface area contributed by atoms with Gasteiger partial charge < -0.3 is 27.4 Å². The predicted molar refractivity (Wildman–Crippen MR) is 3.43 cm³/mol. The van der Waals surface area contributed by atoms with E-state index in [2.05, 4.69) is 0 Å². The molecule has 9 heteroatoms. The fourth-order valence-corrected chi connectivity index (χ4v) is 0. The molecule has 0 saturated heterocycles. The van der Waals surface area contributed by atoms with Crippen LogP contribution in [0.2, 0.25) is 0 Å². The van der Waals surface area contributed by atoms with Crippen LogP contribution >= 0.6 is 0 Å². The summed E-state index contributed by atoms with van der Waals surface area (Å²) in [5.74, 6) is 0. The van der Waals surface area contributed by atoms with Gasteiger partial charge in [-0.25, -0.2) is 0 Å². The average Bonchev–Trinajstić information content (AvgIpc) is 0. The van der Waals surface area contributed by atoms with Crippen LogP contribution in [0.1, 0.15) is 0 Å². The summed E-state index contributed by atoms with van der Waals surface area (Å²) in [5, 5.41) is 0. The molecule has 5 nitrogen and oxygen atoms in total. The Morgan fingerprint density at radius 1 is 0.333 bits per heavy atom. The van der Waals surface area contributed by atoms with E-state index in [4.69, 9.17) is 0 Å². The maximum absolute atomic E-state index is 0. The van der Waals surface area contributed by atoms with Crippen molar-refractivity contribution in [3.63, 3.8) is 0 Å². The maximum atomic E-state index is 0. The maximum Gasteiger partial charge on any atom is 3.00 e. The summed E-state index contributed by atoms with van der Waals surface area (Å²) in [6.45, 7) is 0. The minimum atomic E-state index is 0. The van der Waals surface area contributed by atoms with Crippen LogP contribution < -0.4 is 0 Å². The van der Waals surface area contributed by atoms with E-state index >= 15 is 0 Å². The Balaban J connectivity index is 0. The van der Waals surface area contributed by atoms with E-state index < -0.39 is 0 Å². The van der Waals surface area contributed by atoms with Gasteiger partial charge in [0.05, 0.1) is 0 Å². The molecule has 0 aliphatic carbocycles. The minimum absolute atomic E-state index is 0. The smallest absolute Gasteiger partial charge is 2.00 e. The van der Waals surface area contributed by atoms with Crippen LogP contribution in [0, 0.1) is 82.6 Å². The molecule has 50 valence electrons. The van der Waals surface area contributed by atoms with Crippen LogP contribution in [0.15, 0.2) is 0 Å². The minimum Gasteiger partial charge on any atom is -2.00 e. The number of rotatable bonds is 0. The normalized spacial score (nSPS) is 0. The molecule has 0 rings (SSSR count). The Morgan fingerprint density at radius 2 is 0.333 bits per heavy atom. The summed E-state index contributed by atoms with van der Waals surface area (Å²) in [5.41, 5.74) is 0. The van der Waals surface area contributed by atoms with Crippen molar-refractivity contribution in [1.29, 1.82) is 0 Å². The van der Waals surface area contributed by atoms with Gasteiger partial charge in [0.25, 0.3) is 0 Å². The second-order valence-electron chi connectivity index (χ2n) is 0. The SMILES string of the molecule is [Mn+2].[Mn+2].[O-2].[O-2].[O-2].[O-2].[O-2].[Pr+3].[Pr+3]. The summed E-state index contributed by atoms with van der Waals surface area (Å²) in [7, 11) is 0. The van der Waals surface area contributed by atoms with Crippen molar-refractivity contribution in [3.05, 3.63) is 0 Å². The first-order valence-electron chi connectivity index (χ1n) is 0. The zero-order valence-corrected chi connectivity index (χ0v) is 13.7. The molecule has 0 aromatic carbocycles. The topological polar surface area (TPSA) is 142 Å². The van der Waals surface area contributed by atoms with Gasteiger partial charge in [0.1, 0.15) is 0 Å². The van der Waals surface area contributed by atoms with Crippen LogP contribution in [0.3, 0.4) is 0 Å². The molecule has 0 amide bonds. The van der Waals surface area contributed by atoms with Crippen molar-refractivity contribution in [1.82, 2.24) is 0 Å². The van der Waals surface area contributed by atoms with Crippen LogP contribution in [-0.2, 0) is 61.5 Å². The first kappa shape index (κ1) is 132. The van der Waals surface area contributed by atoms with Crippen LogP contribution in [-0.4, -0.2) is 0 Å². The molecular weight excluding hydrogens is 472 g/mol. The quantitative estimate of drug-likeness (QED) is 0.416. The first-order valence-corrected chi connectivity index (χ1v) is 0. The molecule has 2 radical (unpaired) electrons. The van der Waals surface area contributed by atoms with E-state index in [9.17, 15) is 0 Å². The molecule has 0 aromatic rings. The van der Waals surface area contributed by atoms with Crippen molar-refractivity contribution >= 4 is 0 Å². The standard InChI is InChI=1S/2Mn.5O.2Pr/q2*+2;5*-2;2*+3. The van der Waals surface area contributed by atoms with E-state index in [1.165, 1.54) is 0 Å². The van der Waals surface area contributed by atoms with E-state index in [1.54, 1.807) is 0 Å². The Labute approximate surface area is 141 Å². The van der Waals surface area contributed by atoms with E-state index in [0.717, 1.165) is 0 Å². The summed E-state index contributed by atoms with van der Waals surface area (Å²) >= 11 is 0. The summed E-state index contributed by atoms with van der Waals surface area (Å²) in [6, 6.07) is 0. The van der Waals surface area contributed by atoms with Gasteiger partial charge in [0.2, 0.25) is 0 Å². The molecule has 0 unspecified atom stereocenters. The zero-order chi connectivity index (χ0) is 0. The summed E-state index contributed by atoms with van der Waals surface area (Å²) in [6.07, 6.45) is 0. The second kappa shape index (κ2) is 102. The largest absolute Gasteiger partial charge is 3.00 e. The van der Waals surface area contributed by atoms with Crippen LogP contribution in [0.25, 0.3) is 0 Å². The van der Waals surface area contributed by atoms with Gasteiger partial charge in [0, 0.05) is 0 Å². The third-order valence-corrected chi connectivity index (χ3v) is 0. The zero-order valence-electron chi connectivity index (χ0n) is 3.95. The van der Waals surface area contributed by atoms with E-state index in [0.29, 0.717) is 0 Å². The Hall–Kier alpha value is 3.57. The second-order valence-corrected chi connectivity index (χ2v) is 0. The van der Waals surface area contributed by atoms with Gasteiger partial charge in [-0.1, -0.05) is 0 Å². The molecule has 0 bridgehead atoms. The first-order chi connectivity index (χ1) is 0. The molecule has 0 aliphatic rings. The molecule has 0 aromatic heterocycles. The molecule has 0 aliphatic heterocycles. The fourth-order valence-electron chi connectivity index (χ4n) is 0. The summed E-state index contributed by atoms with van der Waals surface area (Å²) < 4.78 is 0. The van der Waals surface area contributed by atoms with Crippen molar-refractivity contribution in [2.45, 2.75) is 0 Å². The Bertz CT molecular complexity index is 12.9. The molecule has 0 heterocycles. The van der Waals surface area contributed by atoms with Gasteiger partial charge >= 0.3 is 117 Å². The number of hydrogen-bond donors (Lipinski definition) is 0. The van der Waals surface area contributed by atoms with Crippen LogP contribution in [0.5, 0.6) is 0 Å². The van der Waals surface area contributed by atoms with Crippen molar-refractivity contribution in [3.8, 4) is 0 Å². The third kappa shape index (κ3) is 83.2. The average molecular weight is 472 g/mol. The van der Waals surface area contributed by atoms with Gasteiger partial charge in [-0.2, -0.15) is 0 Å². The monoisotopic (exact) mass is 472 g/mol. The van der Waals surface area contributed by atoms with Gasteiger partial charge in [0.15, 0.2) is 0 Å². The van der Waals surface area contributed by atoms with Crippen molar-refractivity contribution in [2.24, 2.45) is 0 Å². The van der Waals surface area contributed by atoms with Gasteiger partial charge in [-0.3, -0.25) is 0 Å². The number of hydrogen-bond acceptors (Lipinski definition) is 0. The predicted octanol–water partition coefficient (Wildman–Crippen LogP) is -0.599. The summed E-state index contributed by atoms with van der Waals surface area (Å²) in [4.78, 5) is 0. The van der Waals surface area contributed by atoms with E-state index in [-0.39, 0.29) is 144 Å². The van der Waals surface area contributed by atoms with E-state index in [1.807, 2.05) is 0 Å². The third-order valence-electron chi connectivity index (χ3n) is 0. The molecule has 0 saturated carbocycles. The van der Waals surface area contributed by atoms with Gasteiger partial charge in [-0.15, -0.1) is 0 Å². The Morgan fingerprint density at radius 3 is 0.333 bits per heavy atom. The molecule has 9 heavy (non-hydrogen) atoms. The van der Waals surface area contributed by atoms with Crippen LogP contribution in [0.4, 0.5) is 0 Å².